The first-order chi connectivity index (χ1) is 19.3. The summed E-state index contributed by atoms with van der Waals surface area (Å²) >= 11 is 0. The zero-order chi connectivity index (χ0) is 30.4. The minimum Gasteiger partial charge on any atom is -0.479 e. The lowest BCUT2D eigenvalue weighted by molar-refractivity contribution is -0.146. The molecule has 2 amide bonds. The van der Waals surface area contributed by atoms with Gasteiger partial charge in [0.1, 0.15) is 5.69 Å². The lowest BCUT2D eigenvalue weighted by Crippen LogP contribution is -2.34. The second kappa shape index (κ2) is 13.3. The molecule has 0 saturated carbocycles. The van der Waals surface area contributed by atoms with Gasteiger partial charge < -0.3 is 20.8 Å². The lowest BCUT2D eigenvalue weighted by Gasteiger charge is -2.28. The normalized spacial score (nSPS) is 14.5. The molecule has 1 unspecified atom stereocenters. The first-order valence-corrected chi connectivity index (χ1v) is 12.2. The molecular weight excluding hydrogens is 553 g/mol. The number of rotatable bonds is 6. The van der Waals surface area contributed by atoms with Gasteiger partial charge in [-0.3, -0.25) is 9.69 Å². The molecule has 13 heteroatoms. The Bertz CT molecular complexity index is 1400. The number of nitrogens with zero attached hydrogens (tertiary/aromatic N) is 2. The van der Waals surface area contributed by atoms with Gasteiger partial charge in [-0.05, 0) is 50.7 Å². The Morgan fingerprint density at radius 2 is 1.41 bits per heavy atom. The van der Waals surface area contributed by atoms with Gasteiger partial charge in [0.05, 0.1) is 5.69 Å². The van der Waals surface area contributed by atoms with Gasteiger partial charge in [0.25, 0.3) is 0 Å². The average Bonchev–Trinajstić information content (AvgIpc) is 2.97. The number of Topliss-reactive ketones (excluding diaryl/α,β-unsaturated/α-hetero) is 1. The van der Waals surface area contributed by atoms with Crippen LogP contribution in [0.15, 0.2) is 54.6 Å². The number of ketones is 1. The number of piperidine rings is 1. The van der Waals surface area contributed by atoms with E-state index in [1.165, 1.54) is 18.2 Å². The van der Waals surface area contributed by atoms with Crippen molar-refractivity contribution in [2.24, 2.45) is 11.7 Å². The van der Waals surface area contributed by atoms with Gasteiger partial charge in [-0.15, -0.1) is 0 Å². The summed E-state index contributed by atoms with van der Waals surface area (Å²) in [5, 5.41) is 17.4. The Hall–Kier alpha value is -4.36. The van der Waals surface area contributed by atoms with E-state index in [-0.39, 0.29) is 27.9 Å². The molecule has 3 aromatic rings. The van der Waals surface area contributed by atoms with Gasteiger partial charge in [-0.2, -0.15) is 0 Å². The summed E-state index contributed by atoms with van der Waals surface area (Å²) in [6.45, 7) is 1.43. The number of halogens is 5. The number of primary amides is 1. The molecule has 0 aromatic heterocycles. The van der Waals surface area contributed by atoms with Crippen molar-refractivity contribution in [3.8, 4) is 0 Å². The predicted octanol–water partition coefficient (Wildman–Crippen LogP) is 4.93. The maximum atomic E-state index is 14.2. The Kier molecular flexibility index (Phi) is 10.1. The Morgan fingerprint density at radius 3 is 1.93 bits per heavy atom. The molecule has 218 valence electrons. The summed E-state index contributed by atoms with van der Waals surface area (Å²) < 4.78 is 69.1. The lowest BCUT2D eigenvalue weighted by atomic mass is 9.89. The summed E-state index contributed by atoms with van der Waals surface area (Å²) in [5.41, 5.74) is 3.91. The van der Waals surface area contributed by atoms with Gasteiger partial charge >= 0.3 is 12.0 Å². The third kappa shape index (κ3) is 7.05. The number of carbonyl (C=O) groups excluding carboxylic acids is 2. The SMILES string of the molecule is CN1CCC(C(=O)c2cccc(N(C(N)=O)c3c(F)c(F)c(F)c(F)c3F)c2)CC1.O=C(O)C(O)c1ccccc1. The number of hydrogen-bond acceptors (Lipinski definition) is 5. The van der Waals surface area contributed by atoms with E-state index in [0.717, 1.165) is 6.07 Å². The number of carbonyl (C=O) groups is 3. The monoisotopic (exact) mass is 579 g/mol. The molecule has 0 aliphatic carbocycles. The molecule has 1 saturated heterocycles. The molecular formula is C28H26F5N3O5. The van der Waals surface area contributed by atoms with Crippen LogP contribution < -0.4 is 10.6 Å². The Balaban J connectivity index is 0.000000352. The van der Waals surface area contributed by atoms with E-state index in [4.69, 9.17) is 15.9 Å². The zero-order valence-corrected chi connectivity index (χ0v) is 21.7. The van der Waals surface area contributed by atoms with E-state index >= 15 is 0 Å². The van der Waals surface area contributed by atoms with Crippen molar-refractivity contribution in [2.45, 2.75) is 18.9 Å². The fourth-order valence-electron chi connectivity index (χ4n) is 4.24. The van der Waals surface area contributed by atoms with Crippen molar-refractivity contribution in [2.75, 3.05) is 25.0 Å². The zero-order valence-electron chi connectivity index (χ0n) is 21.7. The first-order valence-electron chi connectivity index (χ1n) is 12.2. The highest BCUT2D eigenvalue weighted by atomic mass is 19.2. The highest BCUT2D eigenvalue weighted by Crippen LogP contribution is 2.35. The number of amides is 2. The quantitative estimate of drug-likeness (QED) is 0.165. The molecule has 8 nitrogen and oxygen atoms in total. The van der Waals surface area contributed by atoms with Crippen LogP contribution in [0.1, 0.15) is 34.9 Å². The largest absolute Gasteiger partial charge is 0.479 e. The molecule has 0 bridgehead atoms. The smallest absolute Gasteiger partial charge is 0.337 e. The number of aliphatic carboxylic acids is 1. The van der Waals surface area contributed by atoms with E-state index in [1.807, 2.05) is 7.05 Å². The molecule has 1 atom stereocenters. The third-order valence-corrected chi connectivity index (χ3v) is 6.46. The standard InChI is InChI=1S/C20H18F5N3O2.C8H8O3/c1-27-7-5-10(6-8-27)19(29)11-3-2-4-12(9-11)28(20(26)30)18-16(24)14(22)13(21)15(23)17(18)25;9-7(8(10)11)6-4-2-1-3-5-6/h2-4,9-10H,5-8H2,1H3,(H2,26,30);1-5,7,9H,(H,10,11). The number of carboxylic acids is 1. The highest BCUT2D eigenvalue weighted by molar-refractivity contribution is 6.02. The first kappa shape index (κ1) is 31.2. The summed E-state index contributed by atoms with van der Waals surface area (Å²) in [4.78, 5) is 37.2. The van der Waals surface area contributed by atoms with Crippen molar-refractivity contribution in [3.63, 3.8) is 0 Å². The van der Waals surface area contributed by atoms with E-state index in [2.05, 4.69) is 4.90 Å². The third-order valence-electron chi connectivity index (χ3n) is 6.46. The summed E-state index contributed by atoms with van der Waals surface area (Å²) in [6, 6.07) is 11.9. The molecule has 41 heavy (non-hydrogen) atoms. The van der Waals surface area contributed by atoms with Crippen molar-refractivity contribution < 1.29 is 46.5 Å². The van der Waals surface area contributed by atoms with Crippen molar-refractivity contribution in [3.05, 3.63) is 94.8 Å². The molecule has 0 radical (unpaired) electrons. The Labute approximate surface area is 231 Å². The number of nitrogens with two attached hydrogens (primary N) is 1. The number of aliphatic hydroxyl groups is 1. The van der Waals surface area contributed by atoms with Crippen molar-refractivity contribution in [1.82, 2.24) is 4.90 Å². The second-order valence-corrected chi connectivity index (χ2v) is 9.24. The average molecular weight is 580 g/mol. The molecule has 0 spiro atoms. The molecule has 1 heterocycles. The van der Waals surface area contributed by atoms with Crippen LogP contribution in [0.4, 0.5) is 38.1 Å². The van der Waals surface area contributed by atoms with E-state index in [0.29, 0.717) is 31.5 Å². The maximum Gasteiger partial charge on any atom is 0.337 e. The molecule has 4 N–H and O–H groups in total. The van der Waals surface area contributed by atoms with Gasteiger partial charge in [0.2, 0.25) is 5.82 Å². The minimum atomic E-state index is -2.36. The summed E-state index contributed by atoms with van der Waals surface area (Å²) in [7, 11) is 1.93. The Morgan fingerprint density at radius 1 is 0.878 bits per heavy atom. The highest BCUT2D eigenvalue weighted by Gasteiger charge is 2.33. The van der Waals surface area contributed by atoms with Gasteiger partial charge in [-0.25, -0.2) is 31.5 Å². The minimum absolute atomic E-state index is 0.136. The summed E-state index contributed by atoms with van der Waals surface area (Å²) in [6.07, 6.45) is -0.191. The van der Waals surface area contributed by atoms with Crippen LogP contribution in [0, 0.1) is 35.0 Å². The van der Waals surface area contributed by atoms with Gasteiger partial charge in [0, 0.05) is 11.5 Å². The van der Waals surface area contributed by atoms with Gasteiger partial charge in [-0.1, -0.05) is 42.5 Å². The fourth-order valence-corrected chi connectivity index (χ4v) is 4.24. The van der Waals surface area contributed by atoms with Crippen LogP contribution in [0.5, 0.6) is 0 Å². The van der Waals surface area contributed by atoms with Crippen molar-refractivity contribution >= 4 is 29.2 Å². The van der Waals surface area contributed by atoms with E-state index in [1.54, 1.807) is 30.3 Å². The number of anilines is 2. The molecule has 3 aromatic carbocycles. The number of urea groups is 1. The maximum absolute atomic E-state index is 14.2. The van der Waals surface area contributed by atoms with E-state index < -0.39 is 52.9 Å². The number of benzene rings is 3. The number of carboxylic acid groups (broad SMARTS) is 1. The topological polar surface area (TPSA) is 124 Å². The van der Waals surface area contributed by atoms with Crippen molar-refractivity contribution in [1.29, 1.82) is 0 Å². The summed E-state index contributed by atoms with van der Waals surface area (Å²) in [5.74, 6) is -13.0. The molecule has 1 aliphatic heterocycles. The molecule has 1 aliphatic rings. The number of hydrogen-bond donors (Lipinski definition) is 3. The van der Waals surface area contributed by atoms with Crippen LogP contribution in [-0.4, -0.2) is 53.0 Å². The van der Waals surface area contributed by atoms with Crippen LogP contribution >= 0.6 is 0 Å². The van der Waals surface area contributed by atoms with Crippen LogP contribution in [-0.2, 0) is 4.79 Å². The number of aliphatic hydroxyl groups excluding tert-OH is 1. The van der Waals surface area contributed by atoms with E-state index in [9.17, 15) is 36.3 Å². The van der Waals surface area contributed by atoms with Gasteiger partial charge in [0.15, 0.2) is 35.2 Å². The molecule has 4 rings (SSSR count). The van der Waals surface area contributed by atoms with Crippen LogP contribution in [0.2, 0.25) is 0 Å². The molecule has 1 fully saturated rings. The number of likely N-dealkylation sites (tertiary alicyclic amines) is 1. The van der Waals surface area contributed by atoms with Crippen LogP contribution in [0.25, 0.3) is 0 Å². The predicted molar refractivity (Wildman–Crippen MR) is 138 cm³/mol. The fraction of sp³-hybridized carbons (Fsp3) is 0.250. The second-order valence-electron chi connectivity index (χ2n) is 9.24. The van der Waals surface area contributed by atoms with Crippen LogP contribution in [0.3, 0.4) is 0 Å².